The molecule has 0 fully saturated rings. The number of para-hydroxylation sites is 1. The maximum Gasteiger partial charge on any atom is 0.134 e. The molecule has 2 aromatic carbocycles. The molecule has 2 nitrogen and oxygen atoms in total. The largest absolute Gasteiger partial charge is 0.459 e. The van der Waals surface area contributed by atoms with Gasteiger partial charge in [-0.3, -0.25) is 0 Å². The molecule has 0 unspecified atom stereocenters. The lowest BCUT2D eigenvalue weighted by Crippen LogP contribution is -1.97. The van der Waals surface area contributed by atoms with Crippen LogP contribution >= 0.6 is 0 Å². The van der Waals surface area contributed by atoms with Crippen LogP contribution < -0.4 is 5.32 Å². The molecule has 1 N–H and O–H groups in total. The summed E-state index contributed by atoms with van der Waals surface area (Å²) >= 11 is 0. The topological polar surface area (TPSA) is 25.2 Å². The number of anilines is 1. The van der Waals surface area contributed by atoms with Crippen LogP contribution in [0, 0.1) is 5.82 Å². The summed E-state index contributed by atoms with van der Waals surface area (Å²) in [7, 11) is 0. The first-order valence-corrected chi connectivity index (χ1v) is 5.78. The molecule has 0 saturated heterocycles. The number of hydrogen-bond acceptors (Lipinski definition) is 2. The molecule has 90 valence electrons. The van der Waals surface area contributed by atoms with E-state index < -0.39 is 0 Å². The Balaban J connectivity index is 1.76. The zero-order valence-corrected chi connectivity index (χ0v) is 9.69. The van der Waals surface area contributed by atoms with Crippen molar-refractivity contribution in [1.82, 2.24) is 0 Å². The molecular formula is C15H12FNO. The second-order valence-electron chi connectivity index (χ2n) is 4.11. The molecule has 3 heteroatoms. The Morgan fingerprint density at radius 3 is 2.72 bits per heavy atom. The fourth-order valence-corrected chi connectivity index (χ4v) is 1.91. The van der Waals surface area contributed by atoms with E-state index in [2.05, 4.69) is 5.32 Å². The maximum atomic E-state index is 13.0. The molecule has 0 saturated carbocycles. The van der Waals surface area contributed by atoms with E-state index in [0.29, 0.717) is 6.54 Å². The maximum absolute atomic E-state index is 13.0. The number of benzene rings is 2. The minimum atomic E-state index is -0.246. The Morgan fingerprint density at radius 1 is 1.00 bits per heavy atom. The molecule has 0 aliphatic carbocycles. The Hall–Kier alpha value is -2.29. The Bertz CT molecular complexity index is 642. The molecule has 0 amide bonds. The van der Waals surface area contributed by atoms with E-state index in [1.165, 1.54) is 12.1 Å². The summed E-state index contributed by atoms with van der Waals surface area (Å²) in [6, 6.07) is 16.2. The van der Waals surface area contributed by atoms with E-state index in [-0.39, 0.29) is 5.82 Å². The quantitative estimate of drug-likeness (QED) is 0.744. The van der Waals surface area contributed by atoms with Crippen molar-refractivity contribution in [2.75, 3.05) is 5.32 Å². The van der Waals surface area contributed by atoms with Crippen LogP contribution in [-0.4, -0.2) is 0 Å². The Labute approximate surface area is 104 Å². The Morgan fingerprint density at radius 2 is 1.89 bits per heavy atom. The third-order valence-corrected chi connectivity index (χ3v) is 2.77. The third-order valence-electron chi connectivity index (χ3n) is 2.77. The minimum absolute atomic E-state index is 0.246. The summed E-state index contributed by atoms with van der Waals surface area (Å²) in [4.78, 5) is 0. The van der Waals surface area contributed by atoms with Gasteiger partial charge >= 0.3 is 0 Å². The van der Waals surface area contributed by atoms with Gasteiger partial charge in [-0.05, 0) is 30.3 Å². The lowest BCUT2D eigenvalue weighted by Gasteiger charge is -2.03. The first kappa shape index (κ1) is 10.8. The lowest BCUT2D eigenvalue weighted by atomic mass is 10.2. The molecule has 0 aliphatic rings. The molecule has 1 aromatic heterocycles. The van der Waals surface area contributed by atoms with Gasteiger partial charge in [-0.2, -0.15) is 0 Å². The van der Waals surface area contributed by atoms with Crippen LogP contribution in [0.2, 0.25) is 0 Å². The van der Waals surface area contributed by atoms with Crippen molar-refractivity contribution in [3.63, 3.8) is 0 Å². The van der Waals surface area contributed by atoms with E-state index >= 15 is 0 Å². The van der Waals surface area contributed by atoms with Gasteiger partial charge in [0.2, 0.25) is 0 Å². The van der Waals surface area contributed by atoms with Crippen LogP contribution in [-0.2, 0) is 6.54 Å². The van der Waals surface area contributed by atoms with E-state index in [0.717, 1.165) is 22.4 Å². The van der Waals surface area contributed by atoms with Crippen molar-refractivity contribution in [3.05, 3.63) is 66.2 Å². The predicted molar refractivity (Wildman–Crippen MR) is 69.9 cm³/mol. The standard InChI is InChI=1S/C15H12FNO/c16-12-5-3-6-13(9-12)17-10-14-8-11-4-1-2-7-15(11)18-14/h1-9,17H,10H2. The minimum Gasteiger partial charge on any atom is -0.459 e. The number of halogens is 1. The van der Waals surface area contributed by atoms with Crippen molar-refractivity contribution >= 4 is 16.7 Å². The monoisotopic (exact) mass is 241 g/mol. The van der Waals surface area contributed by atoms with Gasteiger partial charge in [-0.1, -0.05) is 24.3 Å². The van der Waals surface area contributed by atoms with Gasteiger partial charge in [-0.25, -0.2) is 4.39 Å². The lowest BCUT2D eigenvalue weighted by molar-refractivity contribution is 0.559. The number of rotatable bonds is 3. The average Bonchev–Trinajstić information content (AvgIpc) is 2.79. The van der Waals surface area contributed by atoms with Gasteiger partial charge in [0.25, 0.3) is 0 Å². The van der Waals surface area contributed by atoms with Gasteiger partial charge in [0.15, 0.2) is 0 Å². The van der Waals surface area contributed by atoms with Gasteiger partial charge in [0.1, 0.15) is 17.2 Å². The number of fused-ring (bicyclic) bond motifs is 1. The van der Waals surface area contributed by atoms with Crippen LogP contribution in [0.25, 0.3) is 11.0 Å². The predicted octanol–water partition coefficient (Wildman–Crippen LogP) is 4.18. The first-order chi connectivity index (χ1) is 8.81. The summed E-state index contributed by atoms with van der Waals surface area (Å²) in [5, 5.41) is 4.21. The van der Waals surface area contributed by atoms with Crippen LogP contribution in [0.5, 0.6) is 0 Å². The smallest absolute Gasteiger partial charge is 0.134 e. The average molecular weight is 241 g/mol. The summed E-state index contributed by atoms with van der Waals surface area (Å²) in [5.41, 5.74) is 1.61. The number of furan rings is 1. The molecule has 0 bridgehead atoms. The summed E-state index contributed by atoms with van der Waals surface area (Å²) in [6.07, 6.45) is 0. The first-order valence-electron chi connectivity index (χ1n) is 5.78. The van der Waals surface area contributed by atoms with E-state index in [1.807, 2.05) is 36.4 Å². The molecule has 18 heavy (non-hydrogen) atoms. The molecule has 3 rings (SSSR count). The molecule has 0 spiro atoms. The van der Waals surface area contributed by atoms with Crippen LogP contribution in [0.15, 0.2) is 59.0 Å². The highest BCUT2D eigenvalue weighted by Gasteiger charge is 2.02. The third kappa shape index (κ3) is 2.20. The van der Waals surface area contributed by atoms with E-state index in [9.17, 15) is 4.39 Å². The van der Waals surface area contributed by atoms with E-state index in [4.69, 9.17) is 4.42 Å². The second kappa shape index (κ2) is 4.53. The van der Waals surface area contributed by atoms with Gasteiger partial charge < -0.3 is 9.73 Å². The Kier molecular flexibility index (Phi) is 2.73. The molecule has 3 aromatic rings. The molecular weight excluding hydrogens is 229 g/mol. The number of hydrogen-bond donors (Lipinski definition) is 1. The van der Waals surface area contributed by atoms with E-state index in [1.54, 1.807) is 6.07 Å². The van der Waals surface area contributed by atoms with Crippen molar-refractivity contribution in [2.24, 2.45) is 0 Å². The summed E-state index contributed by atoms with van der Waals surface area (Å²) in [5.74, 6) is 0.588. The van der Waals surface area contributed by atoms with Gasteiger partial charge in [0.05, 0.1) is 6.54 Å². The normalized spacial score (nSPS) is 10.7. The highest BCUT2D eigenvalue weighted by molar-refractivity contribution is 5.77. The summed E-state index contributed by atoms with van der Waals surface area (Å²) < 4.78 is 18.7. The van der Waals surface area contributed by atoms with Crippen molar-refractivity contribution in [3.8, 4) is 0 Å². The molecule has 0 atom stereocenters. The SMILES string of the molecule is Fc1cccc(NCc2cc3ccccc3o2)c1. The highest BCUT2D eigenvalue weighted by atomic mass is 19.1. The molecule has 0 radical (unpaired) electrons. The van der Waals surface area contributed by atoms with Crippen molar-refractivity contribution < 1.29 is 8.81 Å². The molecule has 1 heterocycles. The fraction of sp³-hybridized carbons (Fsp3) is 0.0667. The summed E-state index contributed by atoms with van der Waals surface area (Å²) in [6.45, 7) is 0.540. The van der Waals surface area contributed by atoms with Crippen LogP contribution in [0.3, 0.4) is 0 Å². The van der Waals surface area contributed by atoms with Gasteiger partial charge in [0, 0.05) is 11.1 Å². The zero-order chi connectivity index (χ0) is 12.4. The zero-order valence-electron chi connectivity index (χ0n) is 9.69. The molecule has 0 aliphatic heterocycles. The van der Waals surface area contributed by atoms with Crippen molar-refractivity contribution in [1.29, 1.82) is 0 Å². The van der Waals surface area contributed by atoms with Crippen LogP contribution in [0.4, 0.5) is 10.1 Å². The van der Waals surface area contributed by atoms with Gasteiger partial charge in [-0.15, -0.1) is 0 Å². The van der Waals surface area contributed by atoms with Crippen LogP contribution in [0.1, 0.15) is 5.76 Å². The second-order valence-corrected chi connectivity index (χ2v) is 4.11. The number of nitrogens with one attached hydrogen (secondary N) is 1. The fourth-order valence-electron chi connectivity index (χ4n) is 1.91. The van der Waals surface area contributed by atoms with Crippen molar-refractivity contribution in [2.45, 2.75) is 6.54 Å². The highest BCUT2D eigenvalue weighted by Crippen LogP contribution is 2.19.